The first-order chi connectivity index (χ1) is 15.3. The van der Waals surface area contributed by atoms with Crippen LogP contribution in [0.15, 0.2) is 83.8 Å². The molecule has 1 aliphatic heterocycles. The average Bonchev–Trinajstić information content (AvgIpc) is 2.78. The molecule has 0 aromatic heterocycles. The van der Waals surface area contributed by atoms with Crippen LogP contribution in [0.5, 0.6) is 0 Å². The number of imide groups is 1. The van der Waals surface area contributed by atoms with Gasteiger partial charge in [0.1, 0.15) is 5.25 Å². The summed E-state index contributed by atoms with van der Waals surface area (Å²) in [6, 6.07) is 22.2. The maximum Gasteiger partial charge on any atom is 0.248 e. The zero-order valence-electron chi connectivity index (χ0n) is 17.4. The number of piperidine rings is 1. The highest BCUT2D eigenvalue weighted by atomic mass is 35.5. The fraction of sp³-hybridized carbons (Fsp3) is 0.200. The predicted molar refractivity (Wildman–Crippen MR) is 123 cm³/mol. The van der Waals surface area contributed by atoms with Gasteiger partial charge in [-0.2, -0.15) is 0 Å². The summed E-state index contributed by atoms with van der Waals surface area (Å²) in [7, 11) is -4.00. The van der Waals surface area contributed by atoms with Crippen LogP contribution in [0.4, 0.5) is 0 Å². The van der Waals surface area contributed by atoms with Gasteiger partial charge in [0.15, 0.2) is 9.84 Å². The van der Waals surface area contributed by atoms with Gasteiger partial charge in [-0.15, -0.1) is 0 Å². The number of aryl methyl sites for hydroxylation is 1. The highest BCUT2D eigenvalue weighted by Crippen LogP contribution is 2.35. The SMILES string of the molecule is Cc1ccc(S(=O)(=O)C2CC(c3ccc(Cl)cc3)C(=O)N(Cc3ccccc3)C2=O)cc1. The van der Waals surface area contributed by atoms with Gasteiger partial charge in [0.25, 0.3) is 0 Å². The lowest BCUT2D eigenvalue weighted by molar-refractivity contribution is -0.149. The molecule has 1 heterocycles. The molecule has 0 aliphatic carbocycles. The van der Waals surface area contributed by atoms with Crippen molar-refractivity contribution < 1.29 is 18.0 Å². The second-order valence-electron chi connectivity index (χ2n) is 7.93. The van der Waals surface area contributed by atoms with E-state index in [1.165, 1.54) is 12.1 Å². The van der Waals surface area contributed by atoms with E-state index in [0.717, 1.165) is 16.0 Å². The second-order valence-corrected chi connectivity index (χ2v) is 10.5. The third-order valence-corrected chi connectivity index (χ3v) is 8.06. The van der Waals surface area contributed by atoms with Crippen LogP contribution in [0, 0.1) is 6.92 Å². The third kappa shape index (κ3) is 4.33. The largest absolute Gasteiger partial charge is 0.276 e. The van der Waals surface area contributed by atoms with Gasteiger partial charge in [0.2, 0.25) is 11.8 Å². The number of rotatable bonds is 5. The summed E-state index contributed by atoms with van der Waals surface area (Å²) >= 11 is 5.99. The number of sulfone groups is 1. The van der Waals surface area contributed by atoms with Crippen molar-refractivity contribution >= 4 is 33.3 Å². The topological polar surface area (TPSA) is 71.5 Å². The molecule has 0 radical (unpaired) electrons. The molecule has 7 heteroatoms. The molecule has 5 nitrogen and oxygen atoms in total. The van der Waals surface area contributed by atoms with Crippen LogP contribution in [-0.4, -0.2) is 30.4 Å². The van der Waals surface area contributed by atoms with E-state index in [2.05, 4.69) is 0 Å². The maximum absolute atomic E-state index is 13.5. The van der Waals surface area contributed by atoms with Crippen LogP contribution in [0.2, 0.25) is 5.02 Å². The van der Waals surface area contributed by atoms with Gasteiger partial charge in [-0.25, -0.2) is 8.42 Å². The molecule has 2 atom stereocenters. The van der Waals surface area contributed by atoms with E-state index in [-0.39, 0.29) is 17.9 Å². The lowest BCUT2D eigenvalue weighted by atomic mass is 9.89. The third-order valence-electron chi connectivity index (χ3n) is 5.74. The van der Waals surface area contributed by atoms with E-state index in [4.69, 9.17) is 11.6 Å². The number of hydrogen-bond acceptors (Lipinski definition) is 4. The molecule has 3 aromatic rings. The normalized spacial score (nSPS) is 19.2. The van der Waals surface area contributed by atoms with Crippen molar-refractivity contribution in [2.45, 2.75) is 36.0 Å². The summed E-state index contributed by atoms with van der Waals surface area (Å²) < 4.78 is 26.9. The molecule has 0 spiro atoms. The zero-order valence-corrected chi connectivity index (χ0v) is 19.0. The molecule has 1 aliphatic rings. The van der Waals surface area contributed by atoms with Crippen LogP contribution in [0.1, 0.15) is 29.0 Å². The van der Waals surface area contributed by atoms with E-state index in [1.807, 2.05) is 25.1 Å². The van der Waals surface area contributed by atoms with Gasteiger partial charge in [0.05, 0.1) is 17.4 Å². The fourth-order valence-corrected chi connectivity index (χ4v) is 5.74. The first-order valence-corrected chi connectivity index (χ1v) is 12.1. The van der Waals surface area contributed by atoms with E-state index in [9.17, 15) is 18.0 Å². The average molecular weight is 468 g/mol. The molecule has 32 heavy (non-hydrogen) atoms. The fourth-order valence-electron chi connectivity index (χ4n) is 3.93. The van der Waals surface area contributed by atoms with E-state index >= 15 is 0 Å². The van der Waals surface area contributed by atoms with E-state index < -0.39 is 32.8 Å². The minimum absolute atomic E-state index is 0.0164. The van der Waals surface area contributed by atoms with Crippen molar-refractivity contribution in [3.63, 3.8) is 0 Å². The molecule has 2 unspecified atom stereocenters. The van der Waals surface area contributed by atoms with Crippen LogP contribution < -0.4 is 0 Å². The van der Waals surface area contributed by atoms with Gasteiger partial charge in [-0.3, -0.25) is 14.5 Å². The van der Waals surface area contributed by atoms with Gasteiger partial charge in [-0.05, 0) is 48.7 Å². The lowest BCUT2D eigenvalue weighted by Gasteiger charge is -2.35. The Balaban J connectivity index is 1.76. The summed E-state index contributed by atoms with van der Waals surface area (Å²) in [5.41, 5.74) is 2.30. The number of amides is 2. The predicted octanol–water partition coefficient (Wildman–Crippen LogP) is 4.53. The standard InChI is InChI=1S/C25H22ClNO4S/c1-17-7-13-21(14-8-17)32(30,31)23-15-22(19-9-11-20(26)12-10-19)24(28)27(25(23)29)16-18-5-3-2-4-6-18/h2-14,22-23H,15-16H2,1H3. The maximum atomic E-state index is 13.5. The Morgan fingerprint density at radius 2 is 1.50 bits per heavy atom. The highest BCUT2D eigenvalue weighted by molar-refractivity contribution is 7.92. The Bertz CT molecular complexity index is 1240. The number of halogens is 1. The van der Waals surface area contributed by atoms with Crippen molar-refractivity contribution in [1.82, 2.24) is 4.90 Å². The Morgan fingerprint density at radius 1 is 0.875 bits per heavy atom. The van der Waals surface area contributed by atoms with Gasteiger partial charge < -0.3 is 0 Å². The summed E-state index contributed by atoms with van der Waals surface area (Å²) in [4.78, 5) is 27.9. The Morgan fingerprint density at radius 3 is 2.12 bits per heavy atom. The molecule has 0 saturated carbocycles. The number of likely N-dealkylation sites (tertiary alicyclic amines) is 1. The van der Waals surface area contributed by atoms with Crippen molar-refractivity contribution in [3.05, 3.63) is 101 Å². The minimum atomic E-state index is -4.00. The van der Waals surface area contributed by atoms with E-state index in [1.54, 1.807) is 48.5 Å². The Hall–Kier alpha value is -2.96. The molecular weight excluding hydrogens is 446 g/mol. The summed E-state index contributed by atoms with van der Waals surface area (Å²) in [5.74, 6) is -1.86. The minimum Gasteiger partial charge on any atom is -0.276 e. The van der Waals surface area contributed by atoms with Gasteiger partial charge in [0, 0.05) is 5.02 Å². The molecule has 164 valence electrons. The monoisotopic (exact) mass is 467 g/mol. The number of hydrogen-bond donors (Lipinski definition) is 0. The molecule has 0 N–H and O–H groups in total. The molecule has 1 saturated heterocycles. The van der Waals surface area contributed by atoms with Crippen molar-refractivity contribution in [1.29, 1.82) is 0 Å². The smallest absolute Gasteiger partial charge is 0.248 e. The highest BCUT2D eigenvalue weighted by Gasteiger charge is 2.47. The number of carbonyl (C=O) groups is 2. The summed E-state index contributed by atoms with van der Waals surface area (Å²) in [6.07, 6.45) is -0.110. The van der Waals surface area contributed by atoms with Crippen LogP contribution in [0.3, 0.4) is 0 Å². The summed E-state index contributed by atoms with van der Waals surface area (Å²) in [5, 5.41) is -0.842. The van der Waals surface area contributed by atoms with Crippen molar-refractivity contribution in [2.24, 2.45) is 0 Å². The number of benzene rings is 3. The molecular formula is C25H22ClNO4S. The molecule has 4 rings (SSSR count). The molecule has 3 aromatic carbocycles. The lowest BCUT2D eigenvalue weighted by Crippen LogP contribution is -2.53. The van der Waals surface area contributed by atoms with Gasteiger partial charge in [-0.1, -0.05) is 71.8 Å². The molecule has 2 amide bonds. The van der Waals surface area contributed by atoms with E-state index in [0.29, 0.717) is 10.6 Å². The quantitative estimate of drug-likeness (QED) is 0.517. The van der Waals surface area contributed by atoms with Crippen molar-refractivity contribution in [2.75, 3.05) is 0 Å². The van der Waals surface area contributed by atoms with Gasteiger partial charge >= 0.3 is 0 Å². The molecule has 1 fully saturated rings. The Labute approximate surface area is 192 Å². The van der Waals surface area contributed by atoms with Crippen molar-refractivity contribution in [3.8, 4) is 0 Å². The van der Waals surface area contributed by atoms with Crippen LogP contribution in [0.25, 0.3) is 0 Å². The first kappa shape index (κ1) is 22.2. The molecule has 0 bridgehead atoms. The summed E-state index contributed by atoms with van der Waals surface area (Å²) in [6.45, 7) is 1.88. The van der Waals surface area contributed by atoms with Crippen LogP contribution in [-0.2, 0) is 26.0 Å². The van der Waals surface area contributed by atoms with Crippen LogP contribution >= 0.6 is 11.6 Å². The Kier molecular flexibility index (Phi) is 6.17. The first-order valence-electron chi connectivity index (χ1n) is 10.2. The zero-order chi connectivity index (χ0) is 22.9. The number of carbonyl (C=O) groups excluding carboxylic acids is 2. The second kappa shape index (κ2) is 8.88. The number of nitrogens with zero attached hydrogens (tertiary/aromatic N) is 1.